The maximum Gasteiger partial charge on any atom is 0.334 e. The van der Waals surface area contributed by atoms with Gasteiger partial charge in [0.2, 0.25) is 5.54 Å². The smallest absolute Gasteiger partial charge is 0.334 e. The highest BCUT2D eigenvalue weighted by atomic mass is 32.2. The van der Waals surface area contributed by atoms with E-state index in [0.29, 0.717) is 6.54 Å². The van der Waals surface area contributed by atoms with Gasteiger partial charge in [-0.25, -0.2) is 4.79 Å². The summed E-state index contributed by atoms with van der Waals surface area (Å²) in [7, 11) is 0. The number of nitrogens with one attached hydrogen (secondary N) is 2. The van der Waals surface area contributed by atoms with E-state index in [2.05, 4.69) is 81.2 Å². The van der Waals surface area contributed by atoms with Crippen LogP contribution in [0.25, 0.3) is 5.57 Å². The van der Waals surface area contributed by atoms with Crippen LogP contribution in [0.5, 0.6) is 0 Å². The third-order valence-electron chi connectivity index (χ3n) is 7.46. The van der Waals surface area contributed by atoms with Crippen molar-refractivity contribution in [2.75, 3.05) is 31.9 Å². The zero-order valence-electron chi connectivity index (χ0n) is 21.9. The number of hydrogen-bond donors (Lipinski definition) is 3. The van der Waals surface area contributed by atoms with E-state index in [1.807, 2.05) is 12.1 Å². The number of carboxylic acids is 1. The van der Waals surface area contributed by atoms with Crippen LogP contribution in [0.4, 0.5) is 0 Å². The molecular weight excluding hydrogens is 508 g/mol. The number of aromatic nitrogens is 1. The molecule has 202 valence electrons. The van der Waals surface area contributed by atoms with Gasteiger partial charge in [-0.1, -0.05) is 72.3 Å². The average Bonchev–Trinajstić information content (AvgIpc) is 3.45. The molecule has 1 unspecified atom stereocenters. The van der Waals surface area contributed by atoms with E-state index < -0.39 is 17.4 Å². The molecule has 3 heterocycles. The zero-order valence-corrected chi connectivity index (χ0v) is 22.7. The Kier molecular flexibility index (Phi) is 8.76. The number of thioether (sulfide) groups is 1. The number of carbonyl (C=O) groups excluding carboxylic acids is 1. The molecule has 8 heteroatoms. The number of amides is 1. The number of rotatable bonds is 9. The summed E-state index contributed by atoms with van der Waals surface area (Å²) in [5, 5.41) is 15.6. The molecule has 7 nitrogen and oxygen atoms in total. The molecule has 2 atom stereocenters. The normalized spacial score (nSPS) is 21.4. The minimum Gasteiger partial charge on any atom is -0.479 e. The van der Waals surface area contributed by atoms with Crippen LogP contribution in [0, 0.1) is 0 Å². The predicted molar refractivity (Wildman–Crippen MR) is 155 cm³/mol. The molecule has 0 radical (unpaired) electrons. The molecule has 3 N–H and O–H groups in total. The summed E-state index contributed by atoms with van der Waals surface area (Å²) in [6, 6.07) is 24.9. The van der Waals surface area contributed by atoms with Gasteiger partial charge in [0.1, 0.15) is 0 Å². The summed E-state index contributed by atoms with van der Waals surface area (Å²) in [5.41, 5.74) is 4.56. The van der Waals surface area contributed by atoms with Crippen LogP contribution in [0.3, 0.4) is 0 Å². The third kappa shape index (κ3) is 6.24. The zero-order chi connectivity index (χ0) is 27.1. The molecular formula is C31H34N4O3S. The van der Waals surface area contributed by atoms with Crippen molar-refractivity contribution < 1.29 is 14.7 Å². The van der Waals surface area contributed by atoms with Gasteiger partial charge in [-0.3, -0.25) is 15.1 Å². The van der Waals surface area contributed by atoms with Gasteiger partial charge in [0.15, 0.2) is 0 Å². The molecule has 2 saturated heterocycles. The molecule has 2 aliphatic heterocycles. The lowest BCUT2D eigenvalue weighted by atomic mass is 9.88. The van der Waals surface area contributed by atoms with Crippen LogP contribution in [0.15, 0.2) is 90.8 Å². The number of nitrogens with zero attached hydrogens (tertiary/aromatic N) is 2. The van der Waals surface area contributed by atoms with Gasteiger partial charge < -0.3 is 15.3 Å². The molecule has 39 heavy (non-hydrogen) atoms. The molecule has 0 bridgehead atoms. The lowest BCUT2D eigenvalue weighted by Gasteiger charge is -2.30. The fourth-order valence-electron chi connectivity index (χ4n) is 5.31. The second-order valence-electron chi connectivity index (χ2n) is 9.99. The minimum atomic E-state index is -1.64. The standard InChI is InChI=1S/C31H34N4O3S/c36-29(31(30(37)38)22-39-28(34-31)26-13-7-16-32-21-26)33-17-8-18-35-19-14-25(15-20-35)27(23-9-3-1-4-10-23)24-11-5-2-6-12-24/h1-7,9-13,16,21,28,34H,8,14-15,17-20,22H2,(H,33,36)(H,37,38)/t28?,31-/m0/s1. The monoisotopic (exact) mass is 542 g/mol. The average molecular weight is 543 g/mol. The Morgan fingerprint density at radius 2 is 1.67 bits per heavy atom. The molecule has 2 fully saturated rings. The topological polar surface area (TPSA) is 94.6 Å². The van der Waals surface area contributed by atoms with Crippen LogP contribution in [-0.2, 0) is 9.59 Å². The molecule has 2 aliphatic rings. The molecule has 0 spiro atoms. The summed E-state index contributed by atoms with van der Waals surface area (Å²) in [5.74, 6) is -1.46. The molecule has 3 aromatic rings. The molecule has 0 aliphatic carbocycles. The van der Waals surface area contributed by atoms with Crippen LogP contribution in [0.1, 0.15) is 41.3 Å². The number of pyridine rings is 1. The van der Waals surface area contributed by atoms with Gasteiger partial charge in [-0.2, -0.15) is 0 Å². The number of benzene rings is 2. The fraction of sp³-hybridized carbons (Fsp3) is 0.323. The van der Waals surface area contributed by atoms with Crippen molar-refractivity contribution >= 4 is 29.2 Å². The highest BCUT2D eigenvalue weighted by Crippen LogP contribution is 2.38. The van der Waals surface area contributed by atoms with Crippen LogP contribution in [0.2, 0.25) is 0 Å². The Balaban J connectivity index is 1.14. The van der Waals surface area contributed by atoms with Crippen molar-refractivity contribution in [2.45, 2.75) is 30.2 Å². The van der Waals surface area contributed by atoms with Gasteiger partial charge >= 0.3 is 5.97 Å². The highest BCUT2D eigenvalue weighted by Gasteiger charge is 2.52. The first-order valence-corrected chi connectivity index (χ1v) is 14.5. The minimum absolute atomic E-state index is 0.167. The first-order chi connectivity index (χ1) is 19.1. The highest BCUT2D eigenvalue weighted by molar-refractivity contribution is 7.99. The van der Waals surface area contributed by atoms with Crippen LogP contribution < -0.4 is 10.6 Å². The Hall–Kier alpha value is -3.46. The van der Waals surface area contributed by atoms with Gasteiger partial charge in [-0.15, -0.1) is 11.8 Å². The first-order valence-electron chi connectivity index (χ1n) is 13.4. The van der Waals surface area contributed by atoms with Crippen molar-refractivity contribution in [3.8, 4) is 0 Å². The predicted octanol–water partition coefficient (Wildman–Crippen LogP) is 4.34. The molecule has 1 amide bonds. The van der Waals surface area contributed by atoms with Crippen LogP contribution >= 0.6 is 11.8 Å². The summed E-state index contributed by atoms with van der Waals surface area (Å²) < 4.78 is 0. The van der Waals surface area contributed by atoms with Gasteiger partial charge in [0.25, 0.3) is 5.91 Å². The SMILES string of the molecule is O=C(O)[C@@]1(C(=O)NCCCN2CCC(=C(c3ccccc3)c3ccccc3)CC2)CSC(c2cccnc2)N1. The lowest BCUT2D eigenvalue weighted by molar-refractivity contribution is -0.149. The summed E-state index contributed by atoms with van der Waals surface area (Å²) in [4.78, 5) is 31.7. The third-order valence-corrected chi connectivity index (χ3v) is 8.78. The van der Waals surface area contributed by atoms with Gasteiger partial charge in [-0.05, 0) is 54.1 Å². The first kappa shape index (κ1) is 27.1. The molecule has 2 aromatic carbocycles. The molecule has 0 saturated carbocycles. The van der Waals surface area contributed by atoms with Crippen molar-refractivity contribution in [3.05, 3.63) is 107 Å². The summed E-state index contributed by atoms with van der Waals surface area (Å²) in [6.45, 7) is 3.24. The van der Waals surface area contributed by atoms with E-state index in [0.717, 1.165) is 44.5 Å². The van der Waals surface area contributed by atoms with Crippen molar-refractivity contribution in [3.63, 3.8) is 0 Å². The van der Waals surface area contributed by atoms with Crippen molar-refractivity contribution in [1.82, 2.24) is 20.5 Å². The van der Waals surface area contributed by atoms with E-state index in [4.69, 9.17) is 0 Å². The van der Waals surface area contributed by atoms with Crippen molar-refractivity contribution in [2.24, 2.45) is 0 Å². The maximum absolute atomic E-state index is 13.0. The fourth-order valence-corrected chi connectivity index (χ4v) is 6.69. The molecule has 5 rings (SSSR count). The van der Waals surface area contributed by atoms with E-state index in [9.17, 15) is 14.7 Å². The Morgan fingerprint density at radius 3 is 2.26 bits per heavy atom. The van der Waals surface area contributed by atoms with E-state index in [-0.39, 0.29) is 11.1 Å². The Morgan fingerprint density at radius 1 is 1.00 bits per heavy atom. The van der Waals surface area contributed by atoms with Crippen molar-refractivity contribution in [1.29, 1.82) is 0 Å². The summed E-state index contributed by atoms with van der Waals surface area (Å²) >= 11 is 1.41. The second kappa shape index (κ2) is 12.6. The van der Waals surface area contributed by atoms with E-state index in [1.54, 1.807) is 12.4 Å². The number of aliphatic carboxylic acids is 1. The largest absolute Gasteiger partial charge is 0.479 e. The summed E-state index contributed by atoms with van der Waals surface area (Å²) in [6.07, 6.45) is 6.15. The number of carbonyl (C=O) groups is 2. The van der Waals surface area contributed by atoms with Gasteiger partial charge in [0.05, 0.1) is 5.37 Å². The van der Waals surface area contributed by atoms with E-state index in [1.165, 1.54) is 34.0 Å². The number of hydrogen-bond acceptors (Lipinski definition) is 6. The molecule has 1 aromatic heterocycles. The van der Waals surface area contributed by atoms with Gasteiger partial charge in [0, 0.05) is 37.8 Å². The number of carboxylic acid groups (broad SMARTS) is 1. The lowest BCUT2D eigenvalue weighted by Crippen LogP contribution is -2.61. The van der Waals surface area contributed by atoms with E-state index >= 15 is 0 Å². The Labute approximate surface area is 233 Å². The maximum atomic E-state index is 13.0. The quantitative estimate of drug-likeness (QED) is 0.274. The van der Waals surface area contributed by atoms with Crippen LogP contribution in [-0.4, -0.2) is 64.3 Å². The number of piperidine rings is 1. The number of likely N-dealkylation sites (tertiary alicyclic amines) is 1. The Bertz CT molecular complexity index is 1250. The second-order valence-corrected chi connectivity index (χ2v) is 11.1.